The molecule has 0 aromatic heterocycles. The normalized spacial score (nSPS) is 21.4. The average molecular weight is 577 g/mol. The summed E-state index contributed by atoms with van der Waals surface area (Å²) in [5.41, 5.74) is 2.56. The number of rotatable bonds is 2. The first-order chi connectivity index (χ1) is 12.8. The van der Waals surface area contributed by atoms with Crippen LogP contribution < -0.4 is 0 Å². The molecular formula is C18H10S6Se2. The maximum absolute atomic E-state index is 2.38. The molecule has 8 heteroatoms. The summed E-state index contributed by atoms with van der Waals surface area (Å²) < 4.78 is 9.04. The van der Waals surface area contributed by atoms with E-state index in [0.717, 1.165) is 0 Å². The third kappa shape index (κ3) is 4.35. The van der Waals surface area contributed by atoms with Crippen molar-refractivity contribution < 1.29 is 0 Å². The van der Waals surface area contributed by atoms with Crippen molar-refractivity contribution in [3.63, 3.8) is 0 Å². The van der Waals surface area contributed by atoms with Crippen molar-refractivity contribution in [3.05, 3.63) is 80.7 Å². The maximum atomic E-state index is 2.38. The van der Waals surface area contributed by atoms with Gasteiger partial charge in [0.15, 0.2) is 0 Å². The Bertz CT molecular complexity index is 895. The second-order valence-electron chi connectivity index (χ2n) is 5.17. The molecule has 0 unspecified atom stereocenters. The standard InChI is InChI=1S/C18H10S6Se2/c1-3-12(4-2-11(1)9-13-19-5-6-20-13)10-14-21-15-16(22-14)24-17(23-15)18-25-7-8-26-18/h1-10H. The van der Waals surface area contributed by atoms with Crippen LogP contribution in [0.25, 0.3) is 12.2 Å². The zero-order chi connectivity index (χ0) is 17.3. The van der Waals surface area contributed by atoms with Gasteiger partial charge in [-0.1, -0.05) is 23.5 Å². The SMILES string of the molecule is C1=CSC(=Cc2ccc(C=C3SC4=C(S3)SC(=C3[Se]C=C[Se]3)S4)cc2)S1. The summed E-state index contributed by atoms with van der Waals surface area (Å²) in [4.78, 5) is 4.76. The van der Waals surface area contributed by atoms with Crippen LogP contribution in [0.5, 0.6) is 0 Å². The molecular weight excluding hydrogens is 567 g/mol. The molecule has 0 N–H and O–H groups in total. The van der Waals surface area contributed by atoms with Crippen molar-refractivity contribution in [2.75, 3.05) is 0 Å². The molecule has 130 valence electrons. The second kappa shape index (κ2) is 8.66. The Kier molecular flexibility index (Phi) is 6.26. The Morgan fingerprint density at radius 1 is 0.615 bits per heavy atom. The van der Waals surface area contributed by atoms with Crippen LogP contribution in [0.4, 0.5) is 0 Å². The molecule has 0 bridgehead atoms. The summed E-state index contributed by atoms with van der Waals surface area (Å²) in [6.45, 7) is 0. The molecule has 0 fully saturated rings. The van der Waals surface area contributed by atoms with Gasteiger partial charge >= 0.3 is 155 Å². The van der Waals surface area contributed by atoms with E-state index in [1.807, 2.05) is 47.0 Å². The van der Waals surface area contributed by atoms with Gasteiger partial charge in [0.25, 0.3) is 0 Å². The van der Waals surface area contributed by atoms with Crippen molar-refractivity contribution in [1.29, 1.82) is 0 Å². The Hall–Kier alpha value is 0.799. The Labute approximate surface area is 191 Å². The number of thioether (sulfide) groups is 6. The molecule has 0 atom stereocenters. The molecule has 0 aliphatic carbocycles. The van der Waals surface area contributed by atoms with Crippen molar-refractivity contribution in [2.24, 2.45) is 0 Å². The summed E-state index contributed by atoms with van der Waals surface area (Å²) in [6.07, 6.45) is 4.58. The van der Waals surface area contributed by atoms with E-state index in [1.165, 1.54) is 28.1 Å². The van der Waals surface area contributed by atoms with Crippen LogP contribution in [0.1, 0.15) is 11.1 Å². The second-order valence-corrected chi connectivity index (χ2v) is 17.7. The third-order valence-corrected chi connectivity index (χ3v) is 17.9. The van der Waals surface area contributed by atoms with Crippen molar-refractivity contribution >= 4 is 113 Å². The van der Waals surface area contributed by atoms with Gasteiger partial charge in [-0.25, -0.2) is 0 Å². The van der Waals surface area contributed by atoms with Crippen LogP contribution in [-0.4, -0.2) is 29.9 Å². The summed E-state index contributed by atoms with van der Waals surface area (Å²) in [5.74, 6) is 0. The molecule has 0 spiro atoms. The first kappa shape index (κ1) is 18.8. The molecule has 4 heterocycles. The van der Waals surface area contributed by atoms with E-state index < -0.39 is 0 Å². The van der Waals surface area contributed by atoms with Crippen LogP contribution >= 0.6 is 70.6 Å². The summed E-state index contributed by atoms with van der Waals surface area (Å²) in [6, 6.07) is 8.89. The monoisotopic (exact) mass is 578 g/mol. The van der Waals surface area contributed by atoms with E-state index in [2.05, 4.69) is 57.2 Å². The predicted octanol–water partition coefficient (Wildman–Crippen LogP) is 7.34. The van der Waals surface area contributed by atoms with Gasteiger partial charge < -0.3 is 0 Å². The third-order valence-electron chi connectivity index (χ3n) is 3.43. The van der Waals surface area contributed by atoms with Crippen molar-refractivity contribution in [1.82, 2.24) is 0 Å². The van der Waals surface area contributed by atoms with Gasteiger partial charge in [0.2, 0.25) is 0 Å². The molecule has 26 heavy (non-hydrogen) atoms. The van der Waals surface area contributed by atoms with Gasteiger partial charge in [0, 0.05) is 4.24 Å². The fraction of sp³-hybridized carbons (Fsp3) is 0. The van der Waals surface area contributed by atoms with E-state index in [0.29, 0.717) is 29.9 Å². The van der Waals surface area contributed by atoms with Crippen LogP contribution in [0, 0.1) is 0 Å². The number of hydrogen-bond acceptors (Lipinski definition) is 6. The molecule has 0 nitrogen and oxygen atoms in total. The number of benzene rings is 1. The van der Waals surface area contributed by atoms with Crippen LogP contribution in [0.2, 0.25) is 0 Å². The van der Waals surface area contributed by atoms with Gasteiger partial charge in [0.1, 0.15) is 0 Å². The summed E-state index contributed by atoms with van der Waals surface area (Å²) in [5, 5.41) is 4.27. The minimum atomic E-state index is 0.617. The summed E-state index contributed by atoms with van der Waals surface area (Å²) in [7, 11) is 0. The largest absolute Gasteiger partial charge is 0.0902 e. The Morgan fingerprint density at radius 3 is 1.73 bits per heavy atom. The zero-order valence-electron chi connectivity index (χ0n) is 13.0. The molecule has 4 aliphatic rings. The molecule has 1 aromatic carbocycles. The van der Waals surface area contributed by atoms with E-state index in [9.17, 15) is 0 Å². The Balaban J connectivity index is 1.24. The average Bonchev–Trinajstić information content (AvgIpc) is 3.41. The number of hydrogen-bond donors (Lipinski definition) is 0. The van der Waals surface area contributed by atoms with Crippen LogP contribution in [-0.2, 0) is 0 Å². The molecule has 1 aromatic rings. The fourth-order valence-electron chi connectivity index (χ4n) is 2.29. The minimum absolute atomic E-state index is 0.617. The maximum Gasteiger partial charge on any atom is -0.0902 e. The Morgan fingerprint density at radius 2 is 1.15 bits per heavy atom. The molecule has 4 aliphatic heterocycles. The fourth-order valence-corrected chi connectivity index (χ4v) is 16.2. The first-order valence-electron chi connectivity index (χ1n) is 7.54. The quantitative estimate of drug-likeness (QED) is 0.336. The van der Waals surface area contributed by atoms with E-state index in [1.54, 1.807) is 31.1 Å². The van der Waals surface area contributed by atoms with Gasteiger partial charge in [-0.05, 0) is 10.8 Å². The molecule has 5 rings (SSSR count). The van der Waals surface area contributed by atoms with Gasteiger partial charge in [-0.2, -0.15) is 0 Å². The van der Waals surface area contributed by atoms with Gasteiger partial charge in [-0.3, -0.25) is 0 Å². The van der Waals surface area contributed by atoms with Crippen molar-refractivity contribution in [2.45, 2.75) is 0 Å². The first-order valence-corrected chi connectivity index (χ1v) is 16.3. The molecule has 0 saturated heterocycles. The van der Waals surface area contributed by atoms with E-state index in [-0.39, 0.29) is 0 Å². The van der Waals surface area contributed by atoms with E-state index in [4.69, 9.17) is 0 Å². The predicted molar refractivity (Wildman–Crippen MR) is 132 cm³/mol. The van der Waals surface area contributed by atoms with Crippen LogP contribution in [0.3, 0.4) is 0 Å². The smallest absolute Gasteiger partial charge is 0.0902 e. The molecule has 0 radical (unpaired) electrons. The van der Waals surface area contributed by atoms with Crippen molar-refractivity contribution in [3.8, 4) is 0 Å². The molecule has 0 amide bonds. The molecule has 0 saturated carbocycles. The van der Waals surface area contributed by atoms with Gasteiger partial charge in [-0.15, -0.1) is 0 Å². The topological polar surface area (TPSA) is 0 Å². The summed E-state index contributed by atoms with van der Waals surface area (Å²) >= 11 is 12.7. The zero-order valence-corrected chi connectivity index (χ0v) is 21.4. The van der Waals surface area contributed by atoms with Gasteiger partial charge in [0.05, 0.1) is 0 Å². The minimum Gasteiger partial charge on any atom is -0.0902 e. The van der Waals surface area contributed by atoms with Crippen LogP contribution in [0.15, 0.2) is 69.6 Å². The van der Waals surface area contributed by atoms with E-state index >= 15 is 0 Å².